The van der Waals surface area contributed by atoms with Gasteiger partial charge in [0.1, 0.15) is 6.54 Å². The number of hydrogen-bond donors (Lipinski definition) is 0. The second kappa shape index (κ2) is 29.3. The first-order valence-corrected chi connectivity index (χ1v) is 19.1. The van der Waals surface area contributed by atoms with Crippen molar-refractivity contribution in [1.82, 2.24) is 0 Å². The molecule has 0 saturated carbocycles. The zero-order chi connectivity index (χ0) is 29.5. The van der Waals surface area contributed by atoms with Gasteiger partial charge in [0.2, 0.25) is 0 Å². The molecule has 1 nitrogen and oxygen atoms in total. The van der Waals surface area contributed by atoms with Gasteiger partial charge >= 0.3 is 0 Å². The summed E-state index contributed by atoms with van der Waals surface area (Å²) < 4.78 is 1.24. The lowest BCUT2D eigenvalue weighted by Crippen LogP contribution is -2.44. The van der Waals surface area contributed by atoms with Crippen LogP contribution in [-0.4, -0.2) is 24.6 Å². The molecule has 0 aliphatic heterocycles. The van der Waals surface area contributed by atoms with Crippen molar-refractivity contribution >= 4 is 0 Å². The average Bonchev–Trinajstić information content (AvgIpc) is 2.98. The van der Waals surface area contributed by atoms with Crippen LogP contribution < -0.4 is 0 Å². The molecular formula is C40H76N+. The van der Waals surface area contributed by atoms with Crippen LogP contribution in [0.4, 0.5) is 0 Å². The van der Waals surface area contributed by atoms with Gasteiger partial charge < -0.3 is 4.48 Å². The van der Waals surface area contributed by atoms with Gasteiger partial charge in [-0.1, -0.05) is 198 Å². The fourth-order valence-corrected chi connectivity index (χ4v) is 6.67. The molecule has 0 heterocycles. The largest absolute Gasteiger partial charge is 0.322 e. The molecule has 0 atom stereocenters. The highest BCUT2D eigenvalue weighted by Gasteiger charge is 2.21. The van der Waals surface area contributed by atoms with Crippen molar-refractivity contribution in [2.45, 2.75) is 200 Å². The van der Waals surface area contributed by atoms with Crippen LogP contribution in [0.2, 0.25) is 0 Å². The average molecular weight is 571 g/mol. The van der Waals surface area contributed by atoms with E-state index in [0.717, 1.165) is 0 Å². The zero-order valence-corrected chi connectivity index (χ0v) is 28.8. The van der Waals surface area contributed by atoms with E-state index >= 15 is 0 Å². The van der Waals surface area contributed by atoms with Crippen molar-refractivity contribution < 1.29 is 4.48 Å². The van der Waals surface area contributed by atoms with E-state index < -0.39 is 0 Å². The monoisotopic (exact) mass is 571 g/mol. The minimum absolute atomic E-state index is 1.21. The maximum absolute atomic E-state index is 2.54. The summed E-state index contributed by atoms with van der Waals surface area (Å²) in [5.41, 5.74) is 1.52. The summed E-state index contributed by atoms with van der Waals surface area (Å²) in [5, 5.41) is 0. The maximum Gasteiger partial charge on any atom is 0.104 e. The highest BCUT2D eigenvalue weighted by molar-refractivity contribution is 5.13. The van der Waals surface area contributed by atoms with E-state index in [0.29, 0.717) is 0 Å². The quantitative estimate of drug-likeness (QED) is 0.0597. The lowest BCUT2D eigenvalue weighted by Gasteiger charge is -2.35. The molecule has 0 aliphatic rings. The van der Waals surface area contributed by atoms with Crippen molar-refractivity contribution in [3.8, 4) is 0 Å². The summed E-state index contributed by atoms with van der Waals surface area (Å²) in [4.78, 5) is 0. The van der Waals surface area contributed by atoms with Gasteiger partial charge in [-0.2, -0.15) is 0 Å². The molecule has 41 heavy (non-hydrogen) atoms. The van der Waals surface area contributed by atoms with Gasteiger partial charge in [-0.15, -0.1) is 0 Å². The summed E-state index contributed by atoms with van der Waals surface area (Å²) in [5.74, 6) is 0. The van der Waals surface area contributed by atoms with Gasteiger partial charge in [-0.05, 0) is 25.7 Å². The first-order chi connectivity index (χ1) is 20.2. The third-order valence-electron chi connectivity index (χ3n) is 9.51. The molecule has 1 aromatic rings. The predicted molar refractivity (Wildman–Crippen MR) is 187 cm³/mol. The molecule has 0 aliphatic carbocycles. The minimum Gasteiger partial charge on any atom is -0.322 e. The lowest BCUT2D eigenvalue weighted by atomic mass is 10.0. The highest BCUT2D eigenvalue weighted by Crippen LogP contribution is 2.19. The molecule has 240 valence electrons. The fourth-order valence-electron chi connectivity index (χ4n) is 6.67. The summed E-state index contributed by atoms with van der Waals surface area (Å²) >= 11 is 0. The van der Waals surface area contributed by atoms with E-state index in [1.807, 2.05) is 0 Å². The number of unbranched alkanes of at least 4 members (excludes halogenated alkanes) is 26. The lowest BCUT2D eigenvalue weighted by molar-refractivity contribution is -0.923. The van der Waals surface area contributed by atoms with Crippen LogP contribution in [0.15, 0.2) is 30.3 Å². The van der Waals surface area contributed by atoms with Crippen LogP contribution in [-0.2, 0) is 6.54 Å². The molecule has 0 amide bonds. The molecule has 0 radical (unpaired) electrons. The Bertz CT molecular complexity index is 591. The summed E-state index contributed by atoms with van der Waals surface area (Å²) in [6.45, 7) is 8.53. The van der Waals surface area contributed by atoms with E-state index in [4.69, 9.17) is 0 Å². The van der Waals surface area contributed by atoms with Crippen LogP contribution in [0.1, 0.15) is 199 Å². The van der Waals surface area contributed by atoms with Crippen molar-refractivity contribution in [2.75, 3.05) is 20.1 Å². The molecule has 0 fully saturated rings. The molecule has 0 spiro atoms. The molecule has 1 aromatic carbocycles. The Balaban J connectivity index is 2.10. The second-order valence-corrected chi connectivity index (χ2v) is 13.9. The molecule has 1 rings (SSSR count). The number of nitrogens with zero attached hydrogens (tertiary/aromatic N) is 1. The van der Waals surface area contributed by atoms with Crippen molar-refractivity contribution in [1.29, 1.82) is 0 Å². The van der Waals surface area contributed by atoms with E-state index in [1.165, 1.54) is 209 Å². The molecule has 1 heteroatoms. The predicted octanol–water partition coefficient (Wildman–Crippen LogP) is 13.6. The van der Waals surface area contributed by atoms with Gasteiger partial charge in [0.05, 0.1) is 20.1 Å². The van der Waals surface area contributed by atoms with Crippen LogP contribution in [0.5, 0.6) is 0 Å². The Morgan fingerprint density at radius 2 is 0.634 bits per heavy atom. The Morgan fingerprint density at radius 1 is 0.366 bits per heavy atom. The third kappa shape index (κ3) is 25.4. The first-order valence-electron chi connectivity index (χ1n) is 19.1. The molecule has 0 bridgehead atoms. The molecular weight excluding hydrogens is 494 g/mol. The first kappa shape index (κ1) is 38.2. The fraction of sp³-hybridized carbons (Fsp3) is 0.850. The highest BCUT2D eigenvalue weighted by atomic mass is 15.3. The van der Waals surface area contributed by atoms with Crippen LogP contribution in [0.3, 0.4) is 0 Å². The van der Waals surface area contributed by atoms with E-state index in [1.54, 1.807) is 0 Å². The van der Waals surface area contributed by atoms with Crippen molar-refractivity contribution in [3.63, 3.8) is 0 Å². The Morgan fingerprint density at radius 3 is 0.927 bits per heavy atom. The topological polar surface area (TPSA) is 0 Å². The Hall–Kier alpha value is -0.820. The number of hydrogen-bond acceptors (Lipinski definition) is 0. The van der Waals surface area contributed by atoms with Crippen molar-refractivity contribution in [2.24, 2.45) is 0 Å². The Kier molecular flexibility index (Phi) is 27.3. The Labute approximate surface area is 260 Å². The molecule has 0 aromatic heterocycles. The van der Waals surface area contributed by atoms with Gasteiger partial charge in [0, 0.05) is 5.56 Å². The van der Waals surface area contributed by atoms with Crippen LogP contribution >= 0.6 is 0 Å². The van der Waals surface area contributed by atoms with Gasteiger partial charge in [-0.3, -0.25) is 0 Å². The van der Waals surface area contributed by atoms with Gasteiger partial charge in [0.25, 0.3) is 0 Å². The SMILES string of the molecule is CCCCCCCCCCCCCCCC[N+](C)(CCCCCCCCCCCCCCCC)Cc1ccccc1. The van der Waals surface area contributed by atoms with Gasteiger partial charge in [-0.25, -0.2) is 0 Å². The number of benzene rings is 1. The third-order valence-corrected chi connectivity index (χ3v) is 9.51. The van der Waals surface area contributed by atoms with Crippen LogP contribution in [0.25, 0.3) is 0 Å². The normalized spacial score (nSPS) is 11.9. The summed E-state index contributed by atoms with van der Waals surface area (Å²) in [7, 11) is 2.54. The second-order valence-electron chi connectivity index (χ2n) is 13.9. The smallest absolute Gasteiger partial charge is 0.104 e. The van der Waals surface area contributed by atoms with Gasteiger partial charge in [0.15, 0.2) is 0 Å². The van der Waals surface area contributed by atoms with Crippen LogP contribution in [0, 0.1) is 0 Å². The minimum atomic E-state index is 1.21. The zero-order valence-electron chi connectivity index (χ0n) is 28.8. The van der Waals surface area contributed by atoms with E-state index in [9.17, 15) is 0 Å². The number of quaternary nitrogens is 1. The molecule has 0 saturated heterocycles. The van der Waals surface area contributed by atoms with E-state index in [2.05, 4.69) is 51.2 Å². The van der Waals surface area contributed by atoms with E-state index in [-0.39, 0.29) is 0 Å². The summed E-state index contributed by atoms with van der Waals surface area (Å²) in [6.07, 6.45) is 40.6. The number of rotatable bonds is 32. The molecule has 0 unspecified atom stereocenters. The maximum atomic E-state index is 2.54. The molecule has 0 N–H and O–H groups in total. The van der Waals surface area contributed by atoms with Crippen molar-refractivity contribution in [3.05, 3.63) is 35.9 Å². The summed E-state index contributed by atoms with van der Waals surface area (Å²) in [6, 6.07) is 11.3. The standard InChI is InChI=1S/C40H76N/c1-4-6-8-10-12-14-16-18-20-22-24-26-28-33-37-41(3,39-40-35-31-30-32-36-40)38-34-29-27-25-23-21-19-17-15-13-11-9-7-5-2/h30-32,35-36H,4-29,33-34,37-39H2,1-3H3/q+1.